The summed E-state index contributed by atoms with van der Waals surface area (Å²) in [7, 11) is 1.65. The van der Waals surface area contributed by atoms with Crippen LogP contribution >= 0.6 is 11.5 Å². The molecule has 0 aromatic carbocycles. The Balaban J connectivity index is 2.00. The number of aryl methyl sites for hydroxylation is 1. The summed E-state index contributed by atoms with van der Waals surface area (Å²) in [4.78, 5) is 12.5. The molecule has 0 spiro atoms. The third kappa shape index (κ3) is 2.21. The van der Waals surface area contributed by atoms with Crippen molar-refractivity contribution in [1.82, 2.24) is 20.2 Å². The van der Waals surface area contributed by atoms with E-state index >= 15 is 0 Å². The molecule has 1 aromatic heterocycles. The molecule has 1 aliphatic rings. The van der Waals surface area contributed by atoms with Crippen LogP contribution in [0, 0.1) is 6.92 Å². The monoisotopic (exact) mass is 242 g/mol. The van der Waals surface area contributed by atoms with Crippen LogP contribution in [0.2, 0.25) is 0 Å². The van der Waals surface area contributed by atoms with Gasteiger partial charge in [0.25, 0.3) is 5.91 Å². The molecular weight excluding hydrogens is 228 g/mol. The molecule has 0 aliphatic carbocycles. The van der Waals surface area contributed by atoms with Crippen molar-refractivity contribution in [3.05, 3.63) is 10.6 Å². The third-order valence-electron chi connectivity index (χ3n) is 2.64. The molecule has 1 fully saturated rings. The van der Waals surface area contributed by atoms with Crippen molar-refractivity contribution in [2.24, 2.45) is 0 Å². The van der Waals surface area contributed by atoms with Crippen LogP contribution in [0.1, 0.15) is 15.4 Å². The van der Waals surface area contributed by atoms with E-state index in [-0.39, 0.29) is 18.1 Å². The van der Waals surface area contributed by atoms with Gasteiger partial charge in [-0.25, -0.2) is 0 Å². The van der Waals surface area contributed by atoms with Crippen LogP contribution in [0.4, 0.5) is 0 Å². The number of hydrogen-bond donors (Lipinski definition) is 2. The van der Waals surface area contributed by atoms with Crippen LogP contribution in [0.15, 0.2) is 0 Å². The minimum absolute atomic E-state index is 0.0130. The first-order chi connectivity index (χ1) is 7.72. The van der Waals surface area contributed by atoms with Crippen molar-refractivity contribution >= 4 is 17.4 Å². The van der Waals surface area contributed by atoms with E-state index in [1.165, 1.54) is 0 Å². The van der Waals surface area contributed by atoms with Crippen LogP contribution in [-0.2, 0) is 4.74 Å². The molecule has 2 N–H and O–H groups in total. The predicted molar refractivity (Wildman–Crippen MR) is 59.6 cm³/mol. The van der Waals surface area contributed by atoms with Crippen molar-refractivity contribution in [2.75, 3.05) is 20.2 Å². The number of methoxy groups -OCH3 is 1. The summed E-state index contributed by atoms with van der Waals surface area (Å²) < 4.78 is 9.01. The number of nitrogens with one attached hydrogen (secondary N) is 2. The fraction of sp³-hybridized carbons (Fsp3) is 0.667. The Morgan fingerprint density at radius 2 is 2.44 bits per heavy atom. The number of carbonyl (C=O) groups is 1. The lowest BCUT2D eigenvalue weighted by Gasteiger charge is -2.17. The molecule has 2 atom stereocenters. The average Bonchev–Trinajstić information content (AvgIpc) is 2.86. The van der Waals surface area contributed by atoms with E-state index < -0.39 is 0 Å². The van der Waals surface area contributed by atoms with Gasteiger partial charge in [-0.1, -0.05) is 4.49 Å². The van der Waals surface area contributed by atoms with Crippen LogP contribution in [0.5, 0.6) is 0 Å². The second-order valence-electron chi connectivity index (χ2n) is 3.70. The molecule has 0 radical (unpaired) electrons. The number of aromatic nitrogens is 2. The van der Waals surface area contributed by atoms with Crippen molar-refractivity contribution in [3.63, 3.8) is 0 Å². The molecule has 1 aromatic rings. The summed E-state index contributed by atoms with van der Waals surface area (Å²) in [6.07, 6.45) is 0.0325. The van der Waals surface area contributed by atoms with Gasteiger partial charge in [0.15, 0.2) is 0 Å². The lowest BCUT2D eigenvalue weighted by atomic mass is 10.2. The van der Waals surface area contributed by atoms with Crippen LogP contribution in [0.3, 0.4) is 0 Å². The van der Waals surface area contributed by atoms with Gasteiger partial charge in [0.05, 0.1) is 17.8 Å². The highest BCUT2D eigenvalue weighted by Crippen LogP contribution is 2.11. The molecule has 2 unspecified atom stereocenters. The van der Waals surface area contributed by atoms with Gasteiger partial charge >= 0.3 is 0 Å². The van der Waals surface area contributed by atoms with E-state index in [4.69, 9.17) is 4.74 Å². The second kappa shape index (κ2) is 4.86. The molecule has 2 rings (SSSR count). The Labute approximate surface area is 97.5 Å². The zero-order valence-corrected chi connectivity index (χ0v) is 10.0. The maximum Gasteiger partial charge on any atom is 0.265 e. The van der Waals surface area contributed by atoms with Crippen LogP contribution in [0.25, 0.3) is 0 Å². The molecular formula is C9H14N4O2S. The molecule has 0 saturated carbocycles. The van der Waals surface area contributed by atoms with Crippen molar-refractivity contribution in [3.8, 4) is 0 Å². The Bertz CT molecular complexity index is 381. The van der Waals surface area contributed by atoms with Gasteiger partial charge in [-0.2, -0.15) is 0 Å². The summed E-state index contributed by atoms with van der Waals surface area (Å²) in [5, 5.41) is 9.91. The number of rotatable bonds is 3. The molecule has 1 amide bonds. The van der Waals surface area contributed by atoms with E-state index in [9.17, 15) is 4.79 Å². The van der Waals surface area contributed by atoms with Crippen molar-refractivity contribution in [1.29, 1.82) is 0 Å². The van der Waals surface area contributed by atoms with Crippen LogP contribution < -0.4 is 10.6 Å². The van der Waals surface area contributed by atoms with Crippen molar-refractivity contribution in [2.45, 2.75) is 19.1 Å². The Morgan fingerprint density at radius 1 is 1.62 bits per heavy atom. The molecule has 0 bridgehead atoms. The maximum atomic E-state index is 11.9. The standard InChI is InChI=1S/C9H14N4O2S/c1-5-8(16-13-12-5)9(14)11-6-3-10-4-7(6)15-2/h6-7,10H,3-4H2,1-2H3,(H,11,14). The number of amides is 1. The topological polar surface area (TPSA) is 76.1 Å². The van der Waals surface area contributed by atoms with E-state index in [1.54, 1.807) is 14.0 Å². The summed E-state index contributed by atoms with van der Waals surface area (Å²) in [5.41, 5.74) is 0.669. The zero-order chi connectivity index (χ0) is 11.5. The summed E-state index contributed by atoms with van der Waals surface area (Å²) >= 11 is 1.12. The first-order valence-corrected chi connectivity index (χ1v) is 5.83. The van der Waals surface area contributed by atoms with Crippen molar-refractivity contribution < 1.29 is 9.53 Å². The molecule has 6 nitrogen and oxygen atoms in total. The molecule has 16 heavy (non-hydrogen) atoms. The average molecular weight is 242 g/mol. The molecule has 1 saturated heterocycles. The fourth-order valence-corrected chi connectivity index (χ4v) is 2.28. The summed E-state index contributed by atoms with van der Waals surface area (Å²) in [6, 6.07) is 0.0130. The van der Waals surface area contributed by atoms with E-state index in [0.29, 0.717) is 10.6 Å². The van der Waals surface area contributed by atoms with Gasteiger partial charge in [0, 0.05) is 20.2 Å². The van der Waals surface area contributed by atoms with Gasteiger partial charge in [0.2, 0.25) is 0 Å². The van der Waals surface area contributed by atoms with Crippen LogP contribution in [-0.4, -0.2) is 47.8 Å². The number of nitrogens with zero attached hydrogens (tertiary/aromatic N) is 2. The highest BCUT2D eigenvalue weighted by Gasteiger charge is 2.29. The lowest BCUT2D eigenvalue weighted by molar-refractivity contribution is 0.0782. The SMILES string of the molecule is COC1CNCC1NC(=O)c1snnc1C. The molecule has 1 aliphatic heterocycles. The third-order valence-corrected chi connectivity index (χ3v) is 3.46. The largest absolute Gasteiger partial charge is 0.378 e. The number of hydrogen-bond acceptors (Lipinski definition) is 6. The molecule has 7 heteroatoms. The summed E-state index contributed by atoms with van der Waals surface area (Å²) in [5.74, 6) is -0.122. The minimum atomic E-state index is -0.122. The van der Waals surface area contributed by atoms with Gasteiger partial charge in [0.1, 0.15) is 4.88 Å². The van der Waals surface area contributed by atoms with E-state index in [2.05, 4.69) is 20.2 Å². The molecule has 88 valence electrons. The maximum absolute atomic E-state index is 11.9. The van der Waals surface area contributed by atoms with E-state index in [0.717, 1.165) is 24.6 Å². The normalized spacial score (nSPS) is 24.6. The van der Waals surface area contributed by atoms with Gasteiger partial charge < -0.3 is 15.4 Å². The first kappa shape index (κ1) is 11.4. The second-order valence-corrected chi connectivity index (χ2v) is 4.45. The quantitative estimate of drug-likeness (QED) is 0.751. The van der Waals surface area contributed by atoms with Gasteiger partial charge in [-0.15, -0.1) is 5.10 Å². The van der Waals surface area contributed by atoms with Gasteiger partial charge in [-0.3, -0.25) is 4.79 Å². The first-order valence-electron chi connectivity index (χ1n) is 5.05. The Kier molecular flexibility index (Phi) is 3.47. The number of ether oxygens (including phenoxy) is 1. The molecule has 2 heterocycles. The minimum Gasteiger partial charge on any atom is -0.378 e. The smallest absolute Gasteiger partial charge is 0.265 e. The highest BCUT2D eigenvalue weighted by molar-refractivity contribution is 7.08. The Hall–Kier alpha value is -1.05. The summed E-state index contributed by atoms with van der Waals surface area (Å²) in [6.45, 7) is 3.27. The fourth-order valence-electron chi connectivity index (χ4n) is 1.72. The van der Waals surface area contributed by atoms with Gasteiger partial charge in [-0.05, 0) is 18.5 Å². The predicted octanol–water partition coefficient (Wildman–Crippen LogP) is -0.437. The number of carbonyl (C=O) groups excluding carboxylic acids is 1. The Morgan fingerprint density at radius 3 is 3.06 bits per heavy atom. The lowest BCUT2D eigenvalue weighted by Crippen LogP contribution is -2.43. The van der Waals surface area contributed by atoms with E-state index in [1.807, 2.05) is 0 Å². The zero-order valence-electron chi connectivity index (χ0n) is 9.19. The highest BCUT2D eigenvalue weighted by atomic mass is 32.1.